The minimum absolute atomic E-state index is 0.0861. The van der Waals surface area contributed by atoms with Crippen LogP contribution in [-0.2, 0) is 0 Å². The zero-order valence-electron chi connectivity index (χ0n) is 12.1. The topological polar surface area (TPSA) is 25.2 Å². The van der Waals surface area contributed by atoms with Crippen molar-refractivity contribution in [2.45, 2.75) is 19.9 Å². The predicted octanol–water partition coefficient (Wildman–Crippen LogP) is 4.36. The molecule has 0 aliphatic rings. The Morgan fingerprint density at radius 2 is 1.80 bits per heavy atom. The summed E-state index contributed by atoms with van der Waals surface area (Å²) in [5.74, 6) is 0.959. The van der Waals surface area contributed by atoms with E-state index in [0.29, 0.717) is 0 Å². The number of aryl methyl sites for hydroxylation is 2. The van der Waals surface area contributed by atoms with Gasteiger partial charge in [0.15, 0.2) is 0 Å². The van der Waals surface area contributed by atoms with E-state index in [1.165, 1.54) is 16.7 Å². The van der Waals surface area contributed by atoms with Gasteiger partial charge in [-0.2, -0.15) is 0 Å². The van der Waals surface area contributed by atoms with Crippen molar-refractivity contribution in [3.8, 4) is 0 Å². The van der Waals surface area contributed by atoms with Gasteiger partial charge in [-0.15, -0.1) is 0 Å². The van der Waals surface area contributed by atoms with E-state index >= 15 is 0 Å². The van der Waals surface area contributed by atoms with E-state index in [1.807, 2.05) is 25.2 Å². The Morgan fingerprint density at radius 1 is 1.00 bits per heavy atom. The Kier molecular flexibility index (Phi) is 3.33. The normalized spacial score (nSPS) is 12.8. The highest BCUT2D eigenvalue weighted by atomic mass is 16.3. The third kappa shape index (κ3) is 2.23. The first-order valence-electron chi connectivity index (χ1n) is 6.92. The lowest BCUT2D eigenvalue weighted by molar-refractivity contribution is 0.490. The van der Waals surface area contributed by atoms with Crippen molar-refractivity contribution in [3.63, 3.8) is 0 Å². The molecule has 0 saturated heterocycles. The number of rotatable bonds is 3. The van der Waals surface area contributed by atoms with Crippen LogP contribution in [0.4, 0.5) is 0 Å². The van der Waals surface area contributed by atoms with Crippen LogP contribution in [0.25, 0.3) is 11.0 Å². The molecular formula is C18H19NO. The molecule has 20 heavy (non-hydrogen) atoms. The largest absolute Gasteiger partial charge is 0.459 e. The van der Waals surface area contributed by atoms with Crippen molar-refractivity contribution >= 4 is 11.0 Å². The minimum Gasteiger partial charge on any atom is -0.459 e. The van der Waals surface area contributed by atoms with Gasteiger partial charge in [0.2, 0.25) is 0 Å². The number of para-hydroxylation sites is 1. The predicted molar refractivity (Wildman–Crippen MR) is 83.0 cm³/mol. The number of hydrogen-bond donors (Lipinski definition) is 1. The van der Waals surface area contributed by atoms with Crippen molar-refractivity contribution in [2.24, 2.45) is 0 Å². The van der Waals surface area contributed by atoms with Crippen molar-refractivity contribution in [1.29, 1.82) is 0 Å². The zero-order chi connectivity index (χ0) is 14.1. The van der Waals surface area contributed by atoms with Gasteiger partial charge in [-0.25, -0.2) is 0 Å². The molecule has 0 saturated carbocycles. The van der Waals surface area contributed by atoms with E-state index in [-0.39, 0.29) is 6.04 Å². The molecule has 1 N–H and O–H groups in total. The molecule has 0 aliphatic heterocycles. The second-order valence-electron chi connectivity index (χ2n) is 5.27. The SMILES string of the molecule is CNC(c1cc2ccccc2o1)c1ccc(C)cc1C. The van der Waals surface area contributed by atoms with Gasteiger partial charge in [-0.05, 0) is 44.2 Å². The van der Waals surface area contributed by atoms with Crippen LogP contribution in [0.3, 0.4) is 0 Å². The van der Waals surface area contributed by atoms with Crippen molar-refractivity contribution < 1.29 is 4.42 Å². The third-order valence-electron chi connectivity index (χ3n) is 3.75. The molecule has 1 aromatic heterocycles. The minimum atomic E-state index is 0.0861. The van der Waals surface area contributed by atoms with Gasteiger partial charge in [0.25, 0.3) is 0 Å². The van der Waals surface area contributed by atoms with Gasteiger partial charge >= 0.3 is 0 Å². The van der Waals surface area contributed by atoms with Crippen molar-refractivity contribution in [1.82, 2.24) is 5.32 Å². The van der Waals surface area contributed by atoms with Crippen LogP contribution < -0.4 is 5.32 Å². The number of hydrogen-bond acceptors (Lipinski definition) is 2. The number of nitrogens with one attached hydrogen (secondary N) is 1. The highest BCUT2D eigenvalue weighted by molar-refractivity contribution is 5.78. The lowest BCUT2D eigenvalue weighted by Gasteiger charge is -2.17. The maximum absolute atomic E-state index is 6.00. The standard InChI is InChI=1S/C18H19NO/c1-12-8-9-15(13(2)10-12)18(19-3)17-11-14-6-4-5-7-16(14)20-17/h4-11,18-19H,1-3H3. The summed E-state index contributed by atoms with van der Waals surface area (Å²) in [7, 11) is 1.97. The molecule has 0 radical (unpaired) electrons. The van der Waals surface area contributed by atoms with Crippen molar-refractivity contribution in [3.05, 3.63) is 71.0 Å². The van der Waals surface area contributed by atoms with Gasteiger partial charge in [-0.1, -0.05) is 42.0 Å². The fourth-order valence-corrected chi connectivity index (χ4v) is 2.75. The molecule has 1 unspecified atom stereocenters. The van der Waals surface area contributed by atoms with Gasteiger partial charge in [0, 0.05) is 5.39 Å². The Hall–Kier alpha value is -2.06. The molecule has 1 heterocycles. The van der Waals surface area contributed by atoms with Crippen LogP contribution in [0, 0.1) is 13.8 Å². The summed E-state index contributed by atoms with van der Waals surface area (Å²) in [5, 5.41) is 4.51. The van der Waals surface area contributed by atoms with Crippen LogP contribution in [0.5, 0.6) is 0 Å². The summed E-state index contributed by atoms with van der Waals surface area (Å²) >= 11 is 0. The lowest BCUT2D eigenvalue weighted by atomic mass is 9.97. The molecule has 0 amide bonds. The van der Waals surface area contributed by atoms with E-state index < -0.39 is 0 Å². The van der Waals surface area contributed by atoms with E-state index in [0.717, 1.165) is 16.7 Å². The quantitative estimate of drug-likeness (QED) is 0.761. The monoisotopic (exact) mass is 265 g/mol. The molecule has 0 aliphatic carbocycles. The number of benzene rings is 2. The Labute approximate surface area is 119 Å². The molecule has 102 valence electrons. The molecule has 0 bridgehead atoms. The highest BCUT2D eigenvalue weighted by Gasteiger charge is 2.18. The molecular weight excluding hydrogens is 246 g/mol. The fraction of sp³-hybridized carbons (Fsp3) is 0.222. The van der Waals surface area contributed by atoms with Gasteiger partial charge in [-0.3, -0.25) is 0 Å². The molecule has 2 heteroatoms. The summed E-state index contributed by atoms with van der Waals surface area (Å²) in [5.41, 5.74) is 4.76. The fourth-order valence-electron chi connectivity index (χ4n) is 2.75. The first kappa shape index (κ1) is 12.9. The average Bonchev–Trinajstić information content (AvgIpc) is 2.85. The van der Waals surface area contributed by atoms with E-state index in [1.54, 1.807) is 0 Å². The summed E-state index contributed by atoms with van der Waals surface area (Å²) in [4.78, 5) is 0. The van der Waals surface area contributed by atoms with Gasteiger partial charge in [0.1, 0.15) is 11.3 Å². The summed E-state index contributed by atoms with van der Waals surface area (Å²) < 4.78 is 6.00. The van der Waals surface area contributed by atoms with E-state index in [9.17, 15) is 0 Å². The van der Waals surface area contributed by atoms with Gasteiger partial charge in [0.05, 0.1) is 6.04 Å². The maximum Gasteiger partial charge on any atom is 0.134 e. The maximum atomic E-state index is 6.00. The zero-order valence-corrected chi connectivity index (χ0v) is 12.1. The van der Waals surface area contributed by atoms with Crippen LogP contribution in [0.2, 0.25) is 0 Å². The Morgan fingerprint density at radius 3 is 2.50 bits per heavy atom. The summed E-state index contributed by atoms with van der Waals surface area (Å²) in [6, 6.07) is 16.9. The van der Waals surface area contributed by atoms with Crippen LogP contribution in [-0.4, -0.2) is 7.05 Å². The van der Waals surface area contributed by atoms with E-state index in [2.05, 4.69) is 49.5 Å². The molecule has 2 aromatic carbocycles. The van der Waals surface area contributed by atoms with Crippen molar-refractivity contribution in [2.75, 3.05) is 7.05 Å². The smallest absolute Gasteiger partial charge is 0.134 e. The first-order valence-corrected chi connectivity index (χ1v) is 6.92. The second kappa shape index (κ2) is 5.14. The highest BCUT2D eigenvalue weighted by Crippen LogP contribution is 2.29. The number of fused-ring (bicyclic) bond motifs is 1. The van der Waals surface area contributed by atoms with Crippen LogP contribution >= 0.6 is 0 Å². The molecule has 0 fully saturated rings. The van der Waals surface area contributed by atoms with Gasteiger partial charge < -0.3 is 9.73 Å². The molecule has 2 nitrogen and oxygen atoms in total. The number of furan rings is 1. The average molecular weight is 265 g/mol. The summed E-state index contributed by atoms with van der Waals surface area (Å²) in [6.45, 7) is 4.27. The summed E-state index contributed by atoms with van der Waals surface area (Å²) in [6.07, 6.45) is 0. The molecule has 0 spiro atoms. The lowest BCUT2D eigenvalue weighted by Crippen LogP contribution is -2.18. The van der Waals surface area contributed by atoms with E-state index in [4.69, 9.17) is 4.42 Å². The Bertz CT molecular complexity index is 709. The van der Waals surface area contributed by atoms with Crippen LogP contribution in [0.15, 0.2) is 52.9 Å². The molecule has 3 rings (SSSR count). The van der Waals surface area contributed by atoms with Crippen LogP contribution in [0.1, 0.15) is 28.5 Å². The molecule has 1 atom stereocenters. The Balaban J connectivity index is 2.08. The first-order chi connectivity index (χ1) is 9.69. The second-order valence-corrected chi connectivity index (χ2v) is 5.27. The third-order valence-corrected chi connectivity index (χ3v) is 3.75. The molecule has 3 aromatic rings.